The number of amides is 1. The van der Waals surface area contributed by atoms with Crippen molar-refractivity contribution in [2.24, 2.45) is 0 Å². The zero-order chi connectivity index (χ0) is 20.6. The van der Waals surface area contributed by atoms with Gasteiger partial charge in [-0.1, -0.05) is 42.5 Å². The summed E-state index contributed by atoms with van der Waals surface area (Å²) in [6.45, 7) is 0. The molecule has 30 heavy (non-hydrogen) atoms. The number of hydrogen-bond donors (Lipinski definition) is 2. The molecule has 0 saturated heterocycles. The number of nitrogens with one attached hydrogen (secondary N) is 2. The van der Waals surface area contributed by atoms with E-state index in [2.05, 4.69) is 25.5 Å². The third-order valence-electron chi connectivity index (χ3n) is 4.65. The fraction of sp³-hybridized carbons (Fsp3) is 0.0833. The highest BCUT2D eigenvalue weighted by Crippen LogP contribution is 2.21. The Morgan fingerprint density at radius 3 is 2.47 bits per heavy atom. The summed E-state index contributed by atoms with van der Waals surface area (Å²) in [4.78, 5) is 21.5. The predicted octanol–water partition coefficient (Wildman–Crippen LogP) is 3.98. The number of benzene rings is 1. The lowest BCUT2D eigenvalue weighted by Gasteiger charge is -2.17. The van der Waals surface area contributed by atoms with Crippen molar-refractivity contribution in [2.75, 3.05) is 0 Å². The van der Waals surface area contributed by atoms with Crippen LogP contribution in [-0.4, -0.2) is 26.1 Å². The molecule has 3 heterocycles. The molecule has 2 N–H and O–H groups in total. The smallest absolute Gasteiger partial charge is 0.244 e. The summed E-state index contributed by atoms with van der Waals surface area (Å²) in [5.41, 5.74) is 4.40. The normalized spacial score (nSPS) is 12.0. The van der Waals surface area contributed by atoms with E-state index in [1.54, 1.807) is 24.7 Å². The van der Waals surface area contributed by atoms with Crippen molar-refractivity contribution in [1.29, 1.82) is 0 Å². The Kier molecular flexibility index (Phi) is 6.05. The number of aromatic amines is 1. The monoisotopic (exact) mass is 395 g/mol. The topological polar surface area (TPSA) is 83.6 Å². The summed E-state index contributed by atoms with van der Waals surface area (Å²) in [6, 6.07) is 21.0. The minimum Gasteiger partial charge on any atom is -0.344 e. The third kappa shape index (κ3) is 4.86. The van der Waals surface area contributed by atoms with Gasteiger partial charge in [0.1, 0.15) is 0 Å². The maximum atomic E-state index is 12.7. The summed E-state index contributed by atoms with van der Waals surface area (Å²) in [5, 5.41) is 10.2. The zero-order valence-corrected chi connectivity index (χ0v) is 16.3. The van der Waals surface area contributed by atoms with Crippen LogP contribution in [0, 0.1) is 0 Å². The molecule has 3 aromatic heterocycles. The lowest BCUT2D eigenvalue weighted by molar-refractivity contribution is -0.117. The Morgan fingerprint density at radius 2 is 1.73 bits per heavy atom. The quantitative estimate of drug-likeness (QED) is 0.464. The summed E-state index contributed by atoms with van der Waals surface area (Å²) in [5.74, 6) is -0.207. The number of pyridine rings is 2. The van der Waals surface area contributed by atoms with Crippen LogP contribution in [-0.2, 0) is 11.2 Å². The van der Waals surface area contributed by atoms with Crippen LogP contribution < -0.4 is 5.32 Å². The second kappa shape index (κ2) is 9.43. The molecule has 0 aliphatic carbocycles. The van der Waals surface area contributed by atoms with E-state index in [0.29, 0.717) is 6.42 Å². The summed E-state index contributed by atoms with van der Waals surface area (Å²) in [6.07, 6.45) is 9.01. The molecule has 1 aromatic carbocycles. The van der Waals surface area contributed by atoms with E-state index >= 15 is 0 Å². The van der Waals surface area contributed by atoms with E-state index in [0.717, 1.165) is 28.2 Å². The number of nitrogens with zero attached hydrogens (tertiary/aromatic N) is 3. The van der Waals surface area contributed by atoms with Gasteiger partial charge in [-0.15, -0.1) is 0 Å². The van der Waals surface area contributed by atoms with E-state index < -0.39 is 0 Å². The van der Waals surface area contributed by atoms with E-state index in [1.807, 2.05) is 66.7 Å². The second-order valence-corrected chi connectivity index (χ2v) is 6.74. The molecule has 0 fully saturated rings. The van der Waals surface area contributed by atoms with Crippen LogP contribution in [0.2, 0.25) is 0 Å². The molecule has 4 aromatic rings. The van der Waals surface area contributed by atoms with E-state index in [4.69, 9.17) is 0 Å². The van der Waals surface area contributed by atoms with E-state index in [9.17, 15) is 4.79 Å². The van der Waals surface area contributed by atoms with Crippen LogP contribution in [0.1, 0.15) is 23.0 Å². The van der Waals surface area contributed by atoms with Crippen molar-refractivity contribution in [2.45, 2.75) is 12.5 Å². The molecule has 0 aliphatic rings. The molecule has 0 radical (unpaired) electrons. The predicted molar refractivity (Wildman–Crippen MR) is 116 cm³/mol. The first-order chi connectivity index (χ1) is 14.8. The Balaban J connectivity index is 1.50. The van der Waals surface area contributed by atoms with E-state index in [1.165, 1.54) is 6.08 Å². The molecule has 1 unspecified atom stereocenters. The third-order valence-corrected chi connectivity index (χ3v) is 4.65. The lowest BCUT2D eigenvalue weighted by atomic mass is 10.1. The minimum absolute atomic E-state index is 0.207. The summed E-state index contributed by atoms with van der Waals surface area (Å²) < 4.78 is 0. The maximum absolute atomic E-state index is 12.7. The van der Waals surface area contributed by atoms with Gasteiger partial charge in [-0.2, -0.15) is 5.10 Å². The SMILES string of the molecule is O=C(/C=C/c1cn[nH]c1-c1ccccc1)NC(Cc1ccccn1)c1ccccn1. The van der Waals surface area contributed by atoms with Gasteiger partial charge in [0.05, 0.1) is 23.6 Å². The van der Waals surface area contributed by atoms with Gasteiger partial charge < -0.3 is 5.32 Å². The highest BCUT2D eigenvalue weighted by molar-refractivity contribution is 5.93. The van der Waals surface area contributed by atoms with Crippen LogP contribution in [0.4, 0.5) is 0 Å². The van der Waals surface area contributed by atoms with Crippen LogP contribution in [0.15, 0.2) is 91.4 Å². The van der Waals surface area contributed by atoms with Crippen LogP contribution in [0.3, 0.4) is 0 Å². The molecule has 4 rings (SSSR count). The number of carbonyl (C=O) groups is 1. The lowest BCUT2D eigenvalue weighted by Crippen LogP contribution is -2.29. The molecule has 1 amide bonds. The van der Waals surface area contributed by atoms with Crippen molar-refractivity contribution in [1.82, 2.24) is 25.5 Å². The molecule has 6 heteroatoms. The summed E-state index contributed by atoms with van der Waals surface area (Å²) >= 11 is 0. The number of rotatable bonds is 7. The fourth-order valence-electron chi connectivity index (χ4n) is 3.18. The standard InChI is InChI=1S/C24H21N5O/c30-23(13-12-19-17-27-29-24(19)18-8-2-1-3-9-18)28-22(21-11-5-7-15-26-21)16-20-10-4-6-14-25-20/h1-15,17,22H,16H2,(H,27,29)(H,28,30)/b13-12+. The molecular formula is C24H21N5O. The van der Waals surface area contributed by atoms with Crippen molar-refractivity contribution in [3.63, 3.8) is 0 Å². The van der Waals surface area contributed by atoms with Crippen LogP contribution in [0.25, 0.3) is 17.3 Å². The average molecular weight is 395 g/mol. The van der Waals surface area contributed by atoms with Gasteiger partial charge in [-0.3, -0.25) is 19.9 Å². The Morgan fingerprint density at radius 1 is 0.967 bits per heavy atom. The molecule has 0 saturated carbocycles. The maximum Gasteiger partial charge on any atom is 0.244 e. The highest BCUT2D eigenvalue weighted by Gasteiger charge is 2.16. The minimum atomic E-state index is -0.281. The second-order valence-electron chi connectivity index (χ2n) is 6.74. The van der Waals surface area contributed by atoms with Crippen LogP contribution in [0.5, 0.6) is 0 Å². The first-order valence-corrected chi connectivity index (χ1v) is 9.68. The first kappa shape index (κ1) is 19.3. The van der Waals surface area contributed by atoms with Gasteiger partial charge in [0, 0.05) is 41.7 Å². The number of aromatic nitrogens is 4. The molecular weight excluding hydrogens is 374 g/mol. The number of H-pyrrole nitrogens is 1. The van der Waals surface area contributed by atoms with Gasteiger partial charge in [0.25, 0.3) is 0 Å². The first-order valence-electron chi connectivity index (χ1n) is 9.68. The Bertz CT molecular complexity index is 1110. The largest absolute Gasteiger partial charge is 0.344 e. The van der Waals surface area contributed by atoms with E-state index in [-0.39, 0.29) is 11.9 Å². The fourth-order valence-corrected chi connectivity index (χ4v) is 3.18. The zero-order valence-electron chi connectivity index (χ0n) is 16.3. The Labute approximate surface area is 174 Å². The van der Waals surface area contributed by atoms with Gasteiger partial charge in [0.15, 0.2) is 0 Å². The molecule has 1 atom stereocenters. The summed E-state index contributed by atoms with van der Waals surface area (Å²) in [7, 11) is 0. The van der Waals surface area contributed by atoms with Crippen LogP contribution >= 0.6 is 0 Å². The molecule has 0 aliphatic heterocycles. The highest BCUT2D eigenvalue weighted by atomic mass is 16.1. The number of hydrogen-bond acceptors (Lipinski definition) is 4. The Hall–Kier alpha value is -4.06. The molecule has 0 spiro atoms. The van der Waals surface area contributed by atoms with Gasteiger partial charge in [-0.05, 0) is 30.3 Å². The van der Waals surface area contributed by atoms with Gasteiger partial charge in [0.2, 0.25) is 5.91 Å². The average Bonchev–Trinajstić information content (AvgIpc) is 3.28. The molecule has 6 nitrogen and oxygen atoms in total. The van der Waals surface area contributed by atoms with Crippen molar-refractivity contribution in [3.05, 3.63) is 108 Å². The number of carbonyl (C=O) groups excluding carboxylic acids is 1. The van der Waals surface area contributed by atoms with Crippen molar-refractivity contribution < 1.29 is 4.79 Å². The van der Waals surface area contributed by atoms with Gasteiger partial charge >= 0.3 is 0 Å². The van der Waals surface area contributed by atoms with Gasteiger partial charge in [-0.25, -0.2) is 0 Å². The molecule has 148 valence electrons. The molecule has 0 bridgehead atoms. The van der Waals surface area contributed by atoms with Crippen molar-refractivity contribution >= 4 is 12.0 Å². The van der Waals surface area contributed by atoms with Crippen molar-refractivity contribution in [3.8, 4) is 11.3 Å².